The molecule has 37 heavy (non-hydrogen) atoms. The van der Waals surface area contributed by atoms with Crippen LogP contribution < -0.4 is 25.0 Å². The van der Waals surface area contributed by atoms with Crippen LogP contribution in [0.15, 0.2) is 42.5 Å². The summed E-state index contributed by atoms with van der Waals surface area (Å²) in [6.45, 7) is 3.55. The first-order valence-corrected chi connectivity index (χ1v) is 12.2. The molecule has 11 heteroatoms. The molecule has 2 N–H and O–H groups in total. The molecule has 3 amide bonds. The lowest BCUT2D eigenvalue weighted by molar-refractivity contribution is -0.145. The van der Waals surface area contributed by atoms with Gasteiger partial charge in [0.05, 0.1) is 32.9 Å². The summed E-state index contributed by atoms with van der Waals surface area (Å²) in [6.07, 6.45) is -0.184. The van der Waals surface area contributed by atoms with Crippen molar-refractivity contribution in [1.29, 1.82) is 0 Å². The van der Waals surface area contributed by atoms with Gasteiger partial charge in [-0.2, -0.15) is 0 Å². The maximum atomic E-state index is 13.2. The number of carbonyl (C=O) groups excluding carboxylic acids is 3. The van der Waals surface area contributed by atoms with Crippen molar-refractivity contribution in [3.63, 3.8) is 0 Å². The van der Waals surface area contributed by atoms with Crippen LogP contribution in [0, 0.1) is 5.82 Å². The largest absolute Gasteiger partial charge is 0.497 e. The molecular weight excluding hydrogens is 481 g/mol. The van der Waals surface area contributed by atoms with Crippen molar-refractivity contribution in [2.24, 2.45) is 0 Å². The van der Waals surface area contributed by atoms with Gasteiger partial charge < -0.3 is 29.9 Å². The van der Waals surface area contributed by atoms with Gasteiger partial charge in [0.2, 0.25) is 17.7 Å². The number of piperazine rings is 2. The summed E-state index contributed by atoms with van der Waals surface area (Å²) in [7, 11) is 3.01. The maximum Gasteiger partial charge on any atom is 0.243 e. The summed E-state index contributed by atoms with van der Waals surface area (Å²) >= 11 is 0. The average molecular weight is 514 g/mol. The zero-order valence-corrected chi connectivity index (χ0v) is 21.0. The summed E-state index contributed by atoms with van der Waals surface area (Å²) in [5.74, 6) is -0.239. The Hall–Kier alpha value is -3.86. The fourth-order valence-corrected chi connectivity index (χ4v) is 4.60. The van der Waals surface area contributed by atoms with E-state index in [4.69, 9.17) is 9.47 Å². The Morgan fingerprint density at radius 3 is 2.43 bits per heavy atom. The van der Waals surface area contributed by atoms with Crippen molar-refractivity contribution < 1.29 is 28.2 Å². The molecule has 0 aliphatic carbocycles. The quantitative estimate of drug-likeness (QED) is 0.549. The van der Waals surface area contributed by atoms with Gasteiger partial charge in [-0.1, -0.05) is 0 Å². The lowest BCUT2D eigenvalue weighted by Gasteiger charge is -2.39. The number of carbonyl (C=O) groups is 3. The molecule has 0 radical (unpaired) electrons. The third-order valence-corrected chi connectivity index (χ3v) is 6.63. The number of halogens is 1. The number of benzene rings is 2. The molecule has 4 rings (SSSR count). The molecule has 0 spiro atoms. The van der Waals surface area contributed by atoms with Crippen LogP contribution in [0.1, 0.15) is 6.42 Å². The van der Waals surface area contributed by atoms with Gasteiger partial charge in [0.25, 0.3) is 0 Å². The second-order valence-corrected chi connectivity index (χ2v) is 8.95. The highest BCUT2D eigenvalue weighted by atomic mass is 19.1. The van der Waals surface area contributed by atoms with Gasteiger partial charge in [0, 0.05) is 51.0 Å². The van der Waals surface area contributed by atoms with Crippen LogP contribution in [0.4, 0.5) is 15.8 Å². The highest BCUT2D eigenvalue weighted by Crippen LogP contribution is 2.29. The fourth-order valence-electron chi connectivity index (χ4n) is 4.60. The number of anilines is 2. The van der Waals surface area contributed by atoms with Crippen LogP contribution >= 0.6 is 0 Å². The van der Waals surface area contributed by atoms with Gasteiger partial charge in [-0.25, -0.2) is 4.39 Å². The van der Waals surface area contributed by atoms with Gasteiger partial charge in [-0.3, -0.25) is 19.3 Å². The van der Waals surface area contributed by atoms with Crippen LogP contribution in [0.2, 0.25) is 0 Å². The first kappa shape index (κ1) is 26.2. The number of hydrogen-bond acceptors (Lipinski definition) is 7. The normalized spacial score (nSPS) is 18.2. The smallest absolute Gasteiger partial charge is 0.243 e. The molecule has 0 bridgehead atoms. The number of hydrogen-bond donors (Lipinski definition) is 2. The molecule has 0 saturated carbocycles. The number of nitrogens with zero attached hydrogens (tertiary/aromatic N) is 3. The summed E-state index contributed by atoms with van der Waals surface area (Å²) in [5, 5.41) is 5.52. The zero-order chi connectivity index (χ0) is 26.4. The topological polar surface area (TPSA) is 103 Å². The molecule has 2 aromatic rings. The van der Waals surface area contributed by atoms with Gasteiger partial charge in [0.15, 0.2) is 0 Å². The summed E-state index contributed by atoms with van der Waals surface area (Å²) in [6, 6.07) is 10.5. The van der Waals surface area contributed by atoms with Crippen molar-refractivity contribution in [1.82, 2.24) is 15.1 Å². The minimum Gasteiger partial charge on any atom is -0.497 e. The molecule has 2 saturated heterocycles. The van der Waals surface area contributed by atoms with Gasteiger partial charge >= 0.3 is 0 Å². The van der Waals surface area contributed by atoms with E-state index in [0.717, 1.165) is 5.69 Å². The number of rotatable bonds is 8. The van der Waals surface area contributed by atoms with E-state index in [1.807, 2.05) is 4.90 Å². The van der Waals surface area contributed by atoms with Crippen molar-refractivity contribution in [3.05, 3.63) is 48.3 Å². The molecule has 1 unspecified atom stereocenters. The SMILES string of the molecule is COc1ccc(OC)c(NC(=O)CC2C(=O)NCCN2C(=O)CN2CCN(c3ccc(F)cc3)CC2)c1. The highest BCUT2D eigenvalue weighted by Gasteiger charge is 2.35. The first-order chi connectivity index (χ1) is 17.9. The van der Waals surface area contributed by atoms with E-state index in [9.17, 15) is 18.8 Å². The van der Waals surface area contributed by atoms with E-state index < -0.39 is 11.9 Å². The molecule has 2 heterocycles. The van der Waals surface area contributed by atoms with E-state index in [-0.39, 0.29) is 30.6 Å². The molecule has 2 aromatic carbocycles. The first-order valence-electron chi connectivity index (χ1n) is 12.2. The maximum absolute atomic E-state index is 13.2. The fraction of sp³-hybridized carbons (Fsp3) is 0.423. The Kier molecular flexibility index (Phi) is 8.44. The second-order valence-electron chi connectivity index (χ2n) is 8.95. The van der Waals surface area contributed by atoms with Crippen molar-refractivity contribution in [2.75, 3.05) is 70.2 Å². The van der Waals surface area contributed by atoms with Crippen LogP contribution in [0.25, 0.3) is 0 Å². The third-order valence-electron chi connectivity index (χ3n) is 6.63. The lowest BCUT2D eigenvalue weighted by Crippen LogP contribution is -2.60. The lowest BCUT2D eigenvalue weighted by atomic mass is 10.1. The van der Waals surface area contributed by atoms with E-state index in [2.05, 4.69) is 15.5 Å². The van der Waals surface area contributed by atoms with E-state index in [1.54, 1.807) is 30.3 Å². The van der Waals surface area contributed by atoms with Crippen LogP contribution in [-0.4, -0.2) is 93.6 Å². The molecular formula is C26H32FN5O5. The average Bonchev–Trinajstić information content (AvgIpc) is 2.90. The minimum atomic E-state index is -0.904. The molecule has 1 atom stereocenters. The predicted octanol–water partition coefficient (Wildman–Crippen LogP) is 1.32. The Labute approximate surface area is 215 Å². The predicted molar refractivity (Wildman–Crippen MR) is 136 cm³/mol. The van der Waals surface area contributed by atoms with Crippen LogP contribution in [-0.2, 0) is 14.4 Å². The molecule has 198 valence electrons. The monoisotopic (exact) mass is 513 g/mol. The Morgan fingerprint density at radius 2 is 1.76 bits per heavy atom. The number of ether oxygens (including phenoxy) is 2. The van der Waals surface area contributed by atoms with E-state index in [1.165, 1.54) is 31.3 Å². The van der Waals surface area contributed by atoms with Gasteiger partial charge in [0.1, 0.15) is 23.4 Å². The van der Waals surface area contributed by atoms with Crippen molar-refractivity contribution in [3.8, 4) is 11.5 Å². The molecule has 2 aliphatic rings. The minimum absolute atomic E-state index is 0.159. The van der Waals surface area contributed by atoms with Crippen LogP contribution in [0.3, 0.4) is 0 Å². The highest BCUT2D eigenvalue weighted by molar-refractivity contribution is 5.98. The summed E-state index contributed by atoms with van der Waals surface area (Å²) in [5.41, 5.74) is 1.36. The number of methoxy groups -OCH3 is 2. The van der Waals surface area contributed by atoms with Crippen molar-refractivity contribution in [2.45, 2.75) is 12.5 Å². The van der Waals surface area contributed by atoms with Crippen molar-refractivity contribution >= 4 is 29.1 Å². The zero-order valence-electron chi connectivity index (χ0n) is 21.0. The van der Waals surface area contributed by atoms with Gasteiger partial charge in [-0.05, 0) is 36.4 Å². The molecule has 2 aliphatic heterocycles. The third kappa shape index (κ3) is 6.48. The number of nitrogens with one attached hydrogen (secondary N) is 2. The summed E-state index contributed by atoms with van der Waals surface area (Å²) < 4.78 is 23.7. The standard InChI is InChI=1S/C26H32FN5O5/c1-36-20-7-8-23(37-2)21(15-20)29-24(33)16-22-26(35)28-9-10-32(22)25(34)17-30-11-13-31(14-12-30)19-5-3-18(27)4-6-19/h3-8,15,22H,9-14,16-17H2,1-2H3,(H,28,35)(H,29,33). The van der Waals surface area contributed by atoms with Gasteiger partial charge in [-0.15, -0.1) is 0 Å². The van der Waals surface area contributed by atoms with E-state index in [0.29, 0.717) is 56.5 Å². The Bertz CT molecular complexity index is 1120. The molecule has 10 nitrogen and oxygen atoms in total. The Morgan fingerprint density at radius 1 is 1.03 bits per heavy atom. The second kappa shape index (κ2) is 11.9. The number of amides is 3. The molecule has 2 fully saturated rings. The molecule has 0 aromatic heterocycles. The summed E-state index contributed by atoms with van der Waals surface area (Å²) in [4.78, 5) is 44.4. The van der Waals surface area contributed by atoms with Crippen LogP contribution in [0.5, 0.6) is 11.5 Å². The Balaban J connectivity index is 1.35. The van der Waals surface area contributed by atoms with E-state index >= 15 is 0 Å².